The van der Waals surface area contributed by atoms with E-state index in [1.165, 1.54) is 25.8 Å². The van der Waals surface area contributed by atoms with E-state index in [2.05, 4.69) is 25.9 Å². The molecule has 0 amide bonds. The van der Waals surface area contributed by atoms with Crippen molar-refractivity contribution in [3.05, 3.63) is 0 Å². The van der Waals surface area contributed by atoms with Gasteiger partial charge in [-0.15, -0.1) is 0 Å². The Labute approximate surface area is 71.8 Å². The Balaban J connectivity index is 0.000000461. The maximum Gasteiger partial charge on any atom is -0.00196 e. The summed E-state index contributed by atoms with van der Waals surface area (Å²) in [4.78, 5) is 2.27. The number of rotatable bonds is 3. The molecule has 0 radical (unpaired) electrons. The van der Waals surface area contributed by atoms with E-state index >= 15 is 0 Å². The molecule has 0 aliphatic heterocycles. The van der Waals surface area contributed by atoms with Gasteiger partial charge in [-0.05, 0) is 45.3 Å². The fourth-order valence-electron chi connectivity index (χ4n) is 0.957. The third kappa shape index (κ3) is 5.25. The van der Waals surface area contributed by atoms with Crippen LogP contribution in [0.3, 0.4) is 0 Å². The van der Waals surface area contributed by atoms with Crippen molar-refractivity contribution in [1.29, 1.82) is 0 Å². The zero-order valence-corrected chi connectivity index (χ0v) is 8.78. The van der Waals surface area contributed by atoms with Crippen molar-refractivity contribution in [2.45, 2.75) is 40.0 Å². The van der Waals surface area contributed by atoms with Crippen LogP contribution in [0.5, 0.6) is 0 Å². The van der Waals surface area contributed by atoms with Gasteiger partial charge in [0.25, 0.3) is 0 Å². The van der Waals surface area contributed by atoms with Gasteiger partial charge in [-0.3, -0.25) is 0 Å². The summed E-state index contributed by atoms with van der Waals surface area (Å²) in [5.74, 6) is 0. The molecule has 0 unspecified atom stereocenters. The minimum absolute atomic E-state index is 0.740. The Morgan fingerprint density at radius 2 is 1.64 bits per heavy atom. The minimum Gasteiger partial charge on any atom is -0.309 e. The highest BCUT2D eigenvalue weighted by atomic mass is 15.0. The van der Waals surface area contributed by atoms with E-state index in [0.717, 1.165) is 5.41 Å². The van der Waals surface area contributed by atoms with Crippen LogP contribution in [0.1, 0.15) is 40.0 Å². The van der Waals surface area contributed by atoms with Gasteiger partial charge in [0.05, 0.1) is 0 Å². The first-order chi connectivity index (χ1) is 5.12. The summed E-state index contributed by atoms with van der Waals surface area (Å²) in [5.41, 5.74) is 0.740. The van der Waals surface area contributed by atoms with E-state index < -0.39 is 0 Å². The number of hydrogen-bond acceptors (Lipinski definition) is 1. The first kappa shape index (κ1) is 11.0. The van der Waals surface area contributed by atoms with E-state index in [-0.39, 0.29) is 0 Å². The summed E-state index contributed by atoms with van der Waals surface area (Å²) in [5, 5.41) is 0. The molecular formula is C10H23N. The molecule has 0 N–H and O–H groups in total. The second-order valence-electron chi connectivity index (χ2n) is 3.86. The van der Waals surface area contributed by atoms with Gasteiger partial charge in [-0.1, -0.05) is 20.8 Å². The van der Waals surface area contributed by atoms with Gasteiger partial charge >= 0.3 is 0 Å². The highest BCUT2D eigenvalue weighted by Gasteiger charge is 2.36. The van der Waals surface area contributed by atoms with Crippen LogP contribution in [-0.2, 0) is 0 Å². The molecule has 0 aromatic heterocycles. The molecule has 1 heteroatoms. The standard InChI is InChI=1S/C8H17N.C2H6/c1-8(4-5-8)6-7-9(2)3;1-2/h4-7H2,1-3H3;1-2H3. The predicted octanol–water partition coefficient (Wildman–Crippen LogP) is 2.76. The molecule has 0 atom stereocenters. The molecule has 0 spiro atoms. The Morgan fingerprint density at radius 1 is 1.18 bits per heavy atom. The van der Waals surface area contributed by atoms with E-state index in [4.69, 9.17) is 0 Å². The van der Waals surface area contributed by atoms with Crippen molar-refractivity contribution >= 4 is 0 Å². The minimum atomic E-state index is 0.740. The van der Waals surface area contributed by atoms with Crippen molar-refractivity contribution in [1.82, 2.24) is 4.90 Å². The van der Waals surface area contributed by atoms with Crippen LogP contribution < -0.4 is 0 Å². The molecule has 0 bridgehead atoms. The molecular weight excluding hydrogens is 134 g/mol. The van der Waals surface area contributed by atoms with Crippen molar-refractivity contribution in [3.63, 3.8) is 0 Å². The van der Waals surface area contributed by atoms with Crippen molar-refractivity contribution < 1.29 is 0 Å². The smallest absolute Gasteiger partial charge is 0.00196 e. The summed E-state index contributed by atoms with van der Waals surface area (Å²) in [6, 6.07) is 0. The Kier molecular flexibility index (Phi) is 4.74. The predicted molar refractivity (Wildman–Crippen MR) is 51.9 cm³/mol. The van der Waals surface area contributed by atoms with Crippen LogP contribution in [0.2, 0.25) is 0 Å². The van der Waals surface area contributed by atoms with Crippen LogP contribution in [0.25, 0.3) is 0 Å². The molecule has 1 aliphatic carbocycles. The fourth-order valence-corrected chi connectivity index (χ4v) is 0.957. The highest BCUT2D eigenvalue weighted by Crippen LogP contribution is 2.47. The molecule has 1 nitrogen and oxygen atoms in total. The first-order valence-corrected chi connectivity index (χ1v) is 4.77. The van der Waals surface area contributed by atoms with E-state index in [1.807, 2.05) is 13.8 Å². The zero-order chi connectivity index (χ0) is 8.91. The van der Waals surface area contributed by atoms with Crippen molar-refractivity contribution in [3.8, 4) is 0 Å². The lowest BCUT2D eigenvalue weighted by atomic mass is 10.1. The summed E-state index contributed by atoms with van der Waals surface area (Å²) >= 11 is 0. The van der Waals surface area contributed by atoms with Crippen molar-refractivity contribution in [2.24, 2.45) is 5.41 Å². The van der Waals surface area contributed by atoms with E-state index in [9.17, 15) is 0 Å². The molecule has 68 valence electrons. The van der Waals surface area contributed by atoms with Gasteiger partial charge in [0.2, 0.25) is 0 Å². The highest BCUT2D eigenvalue weighted by molar-refractivity contribution is 4.88. The SMILES string of the molecule is CC.CN(C)CCC1(C)CC1. The molecule has 11 heavy (non-hydrogen) atoms. The normalized spacial score (nSPS) is 19.1. The van der Waals surface area contributed by atoms with Gasteiger partial charge < -0.3 is 4.90 Å². The quantitative estimate of drug-likeness (QED) is 0.609. The summed E-state index contributed by atoms with van der Waals surface area (Å²) in [6.45, 7) is 7.65. The average molecular weight is 157 g/mol. The third-order valence-electron chi connectivity index (χ3n) is 2.27. The summed E-state index contributed by atoms with van der Waals surface area (Å²) < 4.78 is 0. The van der Waals surface area contributed by atoms with Crippen LogP contribution in [0.4, 0.5) is 0 Å². The summed E-state index contributed by atoms with van der Waals surface area (Å²) in [6.07, 6.45) is 4.31. The molecule has 1 fully saturated rings. The largest absolute Gasteiger partial charge is 0.309 e. The first-order valence-electron chi connectivity index (χ1n) is 4.77. The topological polar surface area (TPSA) is 3.24 Å². The maximum atomic E-state index is 2.39. The number of hydrogen-bond donors (Lipinski definition) is 0. The van der Waals surface area contributed by atoms with Gasteiger partial charge in [-0.2, -0.15) is 0 Å². The van der Waals surface area contributed by atoms with Crippen LogP contribution >= 0.6 is 0 Å². The lowest BCUT2D eigenvalue weighted by Crippen LogP contribution is -2.15. The summed E-state index contributed by atoms with van der Waals surface area (Å²) in [7, 11) is 4.29. The second-order valence-corrected chi connectivity index (χ2v) is 3.86. The zero-order valence-electron chi connectivity index (χ0n) is 8.78. The van der Waals surface area contributed by atoms with Gasteiger partial charge in [-0.25, -0.2) is 0 Å². The molecule has 1 saturated carbocycles. The number of nitrogens with zero attached hydrogens (tertiary/aromatic N) is 1. The monoisotopic (exact) mass is 157 g/mol. The molecule has 0 heterocycles. The molecule has 0 aromatic carbocycles. The van der Waals surface area contributed by atoms with Crippen molar-refractivity contribution in [2.75, 3.05) is 20.6 Å². The van der Waals surface area contributed by atoms with Crippen LogP contribution in [0, 0.1) is 5.41 Å². The van der Waals surface area contributed by atoms with Gasteiger partial charge in [0, 0.05) is 0 Å². The average Bonchev–Trinajstić information content (AvgIpc) is 2.70. The molecule has 1 rings (SSSR count). The second kappa shape index (κ2) is 4.76. The van der Waals surface area contributed by atoms with Crippen LogP contribution in [-0.4, -0.2) is 25.5 Å². The Morgan fingerprint density at radius 3 is 1.91 bits per heavy atom. The lowest BCUT2D eigenvalue weighted by Gasteiger charge is -2.12. The van der Waals surface area contributed by atoms with Gasteiger partial charge in [0.15, 0.2) is 0 Å². The van der Waals surface area contributed by atoms with E-state index in [1.54, 1.807) is 0 Å². The molecule has 0 saturated heterocycles. The molecule has 0 aromatic rings. The maximum absolute atomic E-state index is 2.39. The Hall–Kier alpha value is -0.0400. The van der Waals surface area contributed by atoms with E-state index in [0.29, 0.717) is 0 Å². The van der Waals surface area contributed by atoms with Crippen LogP contribution in [0.15, 0.2) is 0 Å². The fraction of sp³-hybridized carbons (Fsp3) is 1.00. The third-order valence-corrected chi connectivity index (χ3v) is 2.27. The Bertz CT molecular complexity index is 93.0. The molecule has 1 aliphatic rings. The van der Waals surface area contributed by atoms with Gasteiger partial charge in [0.1, 0.15) is 0 Å². The lowest BCUT2D eigenvalue weighted by molar-refractivity contribution is 0.351.